The summed E-state index contributed by atoms with van der Waals surface area (Å²) >= 11 is 1.49. The Morgan fingerprint density at radius 2 is 1.91 bits per heavy atom. The minimum atomic E-state index is -1.12. The smallest absolute Gasteiger partial charge is 0.326 e. The molecule has 11 heteroatoms. The van der Waals surface area contributed by atoms with Crippen LogP contribution in [-0.2, 0) is 27.3 Å². The summed E-state index contributed by atoms with van der Waals surface area (Å²) in [5.74, 6) is -2.21. The molecule has 10 nitrogen and oxygen atoms in total. The van der Waals surface area contributed by atoms with Crippen LogP contribution in [0.3, 0.4) is 0 Å². The first-order valence-electron chi connectivity index (χ1n) is 11.4. The third-order valence-electron chi connectivity index (χ3n) is 6.02. The van der Waals surface area contributed by atoms with E-state index in [2.05, 4.69) is 20.6 Å². The number of hydrogen-bond donors (Lipinski definition) is 4. The summed E-state index contributed by atoms with van der Waals surface area (Å²) in [6.07, 6.45) is 5.13. The molecule has 0 fully saturated rings. The second kappa shape index (κ2) is 11.9. The fourth-order valence-corrected chi connectivity index (χ4v) is 4.51. The quantitative estimate of drug-likeness (QED) is 0.386. The summed E-state index contributed by atoms with van der Waals surface area (Å²) in [6.45, 7) is 3.80. The lowest BCUT2D eigenvalue weighted by Crippen LogP contribution is -2.60. The Kier molecular flexibility index (Phi) is 8.91. The van der Waals surface area contributed by atoms with E-state index in [-0.39, 0.29) is 31.0 Å². The number of hydrogen-bond acceptors (Lipinski definition) is 6. The number of H-pyrrole nitrogens is 1. The molecule has 2 heterocycles. The number of carboxylic acids is 1. The number of aromatic nitrogens is 2. The standard InChI is InChI=1S/C24H31N5O5S/c1-14(2)20(28-21(30)18-11-25-13-26-18)23(32)29-12-16-7-5-4-6-15(16)10-19(29)22(31)27-17(24(33)34)8-9-35-3/h4-7,11,13-14,17,19-20H,8-10,12H2,1-3H3,(H,25,26)(H,27,31)(H,28,30)(H,33,34)/t17-,19?,20+/m1/s1. The number of carbonyl (C=O) groups excluding carboxylic acids is 3. The molecule has 1 aromatic heterocycles. The average Bonchev–Trinajstić information content (AvgIpc) is 3.38. The van der Waals surface area contributed by atoms with E-state index in [0.717, 1.165) is 11.1 Å². The lowest BCUT2D eigenvalue weighted by Gasteiger charge is -2.39. The minimum Gasteiger partial charge on any atom is -0.480 e. The van der Waals surface area contributed by atoms with Gasteiger partial charge in [0.2, 0.25) is 11.8 Å². The van der Waals surface area contributed by atoms with E-state index >= 15 is 0 Å². The fraction of sp³-hybridized carbons (Fsp3) is 0.458. The van der Waals surface area contributed by atoms with Gasteiger partial charge in [0, 0.05) is 13.0 Å². The van der Waals surface area contributed by atoms with Crippen LogP contribution in [0.4, 0.5) is 0 Å². The second-order valence-corrected chi connectivity index (χ2v) is 9.78. The highest BCUT2D eigenvalue weighted by Gasteiger charge is 2.40. The molecule has 1 unspecified atom stereocenters. The molecule has 0 saturated carbocycles. The SMILES string of the molecule is CSCC[C@@H](NC(=O)C1Cc2ccccc2CN1C(=O)[C@@H](NC(=O)c1cnc[nH]1)C(C)C)C(=O)O. The van der Waals surface area contributed by atoms with E-state index < -0.39 is 41.8 Å². The Balaban J connectivity index is 1.87. The number of fused-ring (bicyclic) bond motifs is 1. The fourth-order valence-electron chi connectivity index (χ4n) is 4.04. The topological polar surface area (TPSA) is 144 Å². The number of aromatic amines is 1. The highest BCUT2D eigenvalue weighted by atomic mass is 32.2. The molecule has 3 amide bonds. The van der Waals surface area contributed by atoms with Gasteiger partial charge in [-0.2, -0.15) is 11.8 Å². The first-order valence-corrected chi connectivity index (χ1v) is 12.8. The monoisotopic (exact) mass is 501 g/mol. The zero-order chi connectivity index (χ0) is 25.5. The summed E-state index contributed by atoms with van der Waals surface area (Å²) in [7, 11) is 0. The predicted molar refractivity (Wildman–Crippen MR) is 132 cm³/mol. The molecule has 35 heavy (non-hydrogen) atoms. The molecule has 3 rings (SSSR count). The van der Waals surface area contributed by atoms with Gasteiger partial charge in [-0.25, -0.2) is 9.78 Å². The molecule has 0 spiro atoms. The minimum absolute atomic E-state index is 0.179. The normalized spacial score (nSPS) is 16.8. The van der Waals surface area contributed by atoms with Crippen LogP contribution >= 0.6 is 11.8 Å². The number of benzene rings is 1. The summed E-state index contributed by atoms with van der Waals surface area (Å²) in [5, 5.41) is 14.9. The second-order valence-electron chi connectivity index (χ2n) is 8.80. The Hall–Kier alpha value is -3.34. The number of imidazole rings is 1. The maximum absolute atomic E-state index is 13.7. The first kappa shape index (κ1) is 26.3. The lowest BCUT2D eigenvalue weighted by atomic mass is 9.91. The zero-order valence-corrected chi connectivity index (χ0v) is 20.8. The van der Waals surface area contributed by atoms with Crippen LogP contribution < -0.4 is 10.6 Å². The van der Waals surface area contributed by atoms with Crippen molar-refractivity contribution in [1.82, 2.24) is 25.5 Å². The van der Waals surface area contributed by atoms with Gasteiger partial charge < -0.3 is 25.6 Å². The van der Waals surface area contributed by atoms with Crippen LogP contribution in [0, 0.1) is 5.92 Å². The molecule has 188 valence electrons. The number of carbonyl (C=O) groups is 4. The Morgan fingerprint density at radius 3 is 2.51 bits per heavy atom. The van der Waals surface area contributed by atoms with Gasteiger partial charge in [0.05, 0.1) is 12.5 Å². The van der Waals surface area contributed by atoms with Crippen molar-refractivity contribution in [2.24, 2.45) is 5.92 Å². The Bertz CT molecular complexity index is 1060. The number of thioether (sulfide) groups is 1. The van der Waals surface area contributed by atoms with Crippen LogP contribution in [0.1, 0.15) is 41.9 Å². The molecule has 0 saturated heterocycles. The predicted octanol–water partition coefficient (Wildman–Crippen LogP) is 1.44. The van der Waals surface area contributed by atoms with Crippen molar-refractivity contribution in [3.05, 3.63) is 53.6 Å². The highest BCUT2D eigenvalue weighted by molar-refractivity contribution is 7.98. The molecule has 1 aromatic carbocycles. The van der Waals surface area contributed by atoms with E-state index in [1.165, 1.54) is 29.2 Å². The number of amides is 3. The lowest BCUT2D eigenvalue weighted by molar-refractivity contribution is -0.146. The van der Waals surface area contributed by atoms with Crippen molar-refractivity contribution >= 4 is 35.5 Å². The molecule has 0 bridgehead atoms. The third-order valence-corrected chi connectivity index (χ3v) is 6.67. The van der Waals surface area contributed by atoms with Gasteiger partial charge in [0.25, 0.3) is 5.91 Å². The van der Waals surface area contributed by atoms with E-state index in [9.17, 15) is 24.3 Å². The van der Waals surface area contributed by atoms with Crippen LogP contribution in [0.5, 0.6) is 0 Å². The number of rotatable bonds is 10. The van der Waals surface area contributed by atoms with Crippen LogP contribution in [0.15, 0.2) is 36.8 Å². The summed E-state index contributed by atoms with van der Waals surface area (Å²) < 4.78 is 0. The first-order chi connectivity index (χ1) is 16.7. The van der Waals surface area contributed by atoms with Gasteiger partial charge in [-0.15, -0.1) is 0 Å². The third kappa shape index (κ3) is 6.41. The Morgan fingerprint density at radius 1 is 1.20 bits per heavy atom. The van der Waals surface area contributed by atoms with Crippen molar-refractivity contribution in [2.45, 2.75) is 51.4 Å². The zero-order valence-electron chi connectivity index (χ0n) is 20.0. The molecule has 4 N–H and O–H groups in total. The molecular formula is C24H31N5O5S. The molecule has 1 aliphatic rings. The van der Waals surface area contributed by atoms with Crippen LogP contribution in [-0.4, -0.2) is 73.8 Å². The van der Waals surface area contributed by atoms with Gasteiger partial charge in [-0.05, 0) is 35.5 Å². The molecule has 1 aliphatic heterocycles. The number of carboxylic acid groups (broad SMARTS) is 1. The van der Waals surface area contributed by atoms with Gasteiger partial charge in [0.15, 0.2) is 0 Å². The molecule has 3 atom stereocenters. The van der Waals surface area contributed by atoms with Gasteiger partial charge in [0.1, 0.15) is 23.8 Å². The van der Waals surface area contributed by atoms with Gasteiger partial charge in [-0.3, -0.25) is 14.4 Å². The number of nitrogens with one attached hydrogen (secondary N) is 3. The van der Waals surface area contributed by atoms with Gasteiger partial charge >= 0.3 is 5.97 Å². The molecule has 2 aromatic rings. The number of aliphatic carboxylic acids is 1. The summed E-state index contributed by atoms with van der Waals surface area (Å²) in [4.78, 5) is 59.4. The highest BCUT2D eigenvalue weighted by Crippen LogP contribution is 2.25. The average molecular weight is 502 g/mol. The van der Waals surface area contributed by atoms with E-state index in [0.29, 0.717) is 5.75 Å². The van der Waals surface area contributed by atoms with Crippen molar-refractivity contribution < 1.29 is 24.3 Å². The van der Waals surface area contributed by atoms with Crippen LogP contribution in [0.25, 0.3) is 0 Å². The van der Waals surface area contributed by atoms with Crippen molar-refractivity contribution in [3.8, 4) is 0 Å². The molecular weight excluding hydrogens is 470 g/mol. The largest absolute Gasteiger partial charge is 0.480 e. The molecule has 0 radical (unpaired) electrons. The van der Waals surface area contributed by atoms with E-state index in [1.54, 1.807) is 0 Å². The van der Waals surface area contributed by atoms with Crippen molar-refractivity contribution in [3.63, 3.8) is 0 Å². The number of nitrogens with zero attached hydrogens (tertiary/aromatic N) is 2. The van der Waals surface area contributed by atoms with Crippen LogP contribution in [0.2, 0.25) is 0 Å². The maximum Gasteiger partial charge on any atom is 0.326 e. The van der Waals surface area contributed by atoms with E-state index in [1.807, 2.05) is 44.4 Å². The summed E-state index contributed by atoms with van der Waals surface area (Å²) in [5.41, 5.74) is 2.06. The van der Waals surface area contributed by atoms with E-state index in [4.69, 9.17) is 0 Å². The molecule has 0 aliphatic carbocycles. The van der Waals surface area contributed by atoms with Crippen molar-refractivity contribution in [1.29, 1.82) is 0 Å². The summed E-state index contributed by atoms with van der Waals surface area (Å²) in [6, 6.07) is 4.69. The van der Waals surface area contributed by atoms with Crippen molar-refractivity contribution in [2.75, 3.05) is 12.0 Å². The Labute approximate surface area is 208 Å². The maximum atomic E-state index is 13.7. The van der Waals surface area contributed by atoms with Gasteiger partial charge in [-0.1, -0.05) is 38.1 Å².